The van der Waals surface area contributed by atoms with Crippen LogP contribution in [0.15, 0.2) is 50.6 Å². The molecule has 1 aliphatic heterocycles. The van der Waals surface area contributed by atoms with E-state index in [-0.39, 0.29) is 24.6 Å². The van der Waals surface area contributed by atoms with E-state index in [9.17, 15) is 43.4 Å². The first kappa shape index (κ1) is 45.9. The number of para-hydroxylation sites is 1. The predicted octanol–water partition coefficient (Wildman–Crippen LogP) is 4.21. The van der Waals surface area contributed by atoms with Crippen molar-refractivity contribution in [2.24, 2.45) is 17.8 Å². The molecule has 3 N–H and O–H groups in total. The molecule has 1 saturated heterocycles. The number of esters is 1. The number of phosphoric acid groups is 2. The standard InChI is InChI=1S/C34H49N3O18P2/c1-18(2)15-27(39)50-31(19(3)4)53-57(46,54-32(20(5)6)51-34(43)48-21(7)8)55-56(44,45)47-17-25-28(40)29(41)30(49-25)36-14-13-26(38)37(33(36)42)16-23-22-11-9-10-12-24(22)52-35-23/h9-14,18-21,25,28-32,40-41H,15-17H2,1-8H3,(H,44,45)/t25-,28+,29?,30-,31?,32?,57?/m1/s1. The van der Waals surface area contributed by atoms with Crippen LogP contribution in [0.1, 0.15) is 73.7 Å². The minimum atomic E-state index is -5.60. The molecule has 1 aromatic carbocycles. The zero-order valence-corrected chi connectivity index (χ0v) is 34.3. The summed E-state index contributed by atoms with van der Waals surface area (Å²) in [4.78, 5) is 61.9. The molecule has 5 unspecified atom stereocenters. The molecule has 21 nitrogen and oxygen atoms in total. The maximum Gasteiger partial charge on any atom is 0.510 e. The van der Waals surface area contributed by atoms with Crippen molar-refractivity contribution >= 4 is 38.7 Å². The molecule has 2 aromatic heterocycles. The van der Waals surface area contributed by atoms with Gasteiger partial charge in [0.15, 0.2) is 11.8 Å². The fourth-order valence-electron chi connectivity index (χ4n) is 5.19. The molecule has 318 valence electrons. The van der Waals surface area contributed by atoms with Crippen molar-refractivity contribution in [3.8, 4) is 0 Å². The molecule has 57 heavy (non-hydrogen) atoms. The maximum absolute atomic E-state index is 14.2. The highest BCUT2D eigenvalue weighted by Crippen LogP contribution is 2.65. The van der Waals surface area contributed by atoms with Gasteiger partial charge in [-0.05, 0) is 31.9 Å². The molecule has 1 fully saturated rings. The van der Waals surface area contributed by atoms with Gasteiger partial charge < -0.3 is 38.6 Å². The Morgan fingerprint density at radius 3 is 2.14 bits per heavy atom. The van der Waals surface area contributed by atoms with Gasteiger partial charge in [-0.15, -0.1) is 0 Å². The summed E-state index contributed by atoms with van der Waals surface area (Å²) < 4.78 is 76.3. The third-order valence-corrected chi connectivity index (χ3v) is 11.0. The molecule has 23 heteroatoms. The third-order valence-electron chi connectivity index (χ3n) is 7.99. The molecular weight excluding hydrogens is 800 g/mol. The van der Waals surface area contributed by atoms with Gasteiger partial charge in [-0.3, -0.25) is 23.2 Å². The maximum atomic E-state index is 14.2. The molecule has 0 radical (unpaired) electrons. The van der Waals surface area contributed by atoms with Crippen LogP contribution in [-0.4, -0.2) is 85.1 Å². The van der Waals surface area contributed by atoms with Gasteiger partial charge in [0.2, 0.25) is 12.6 Å². The highest BCUT2D eigenvalue weighted by molar-refractivity contribution is 7.61. The second-order valence-corrected chi connectivity index (χ2v) is 17.6. The van der Waals surface area contributed by atoms with Crippen molar-refractivity contribution in [1.82, 2.24) is 14.3 Å². The average molecular weight is 850 g/mol. The number of aliphatic hydroxyl groups excluding tert-OH is 2. The SMILES string of the molecule is CC(C)CC(=O)OC(OP(=O)(OC(OC(=O)OC(C)C)C(C)C)OP(=O)(O)OC[C@H]1O[C@@H](n2ccc(=O)n(Cc3noc4ccccc34)c2=O)C(O)[C@H]1O)C(C)C. The Balaban J connectivity index is 1.54. The second kappa shape index (κ2) is 19.3. The summed E-state index contributed by atoms with van der Waals surface area (Å²) >= 11 is 0. The number of aromatic nitrogens is 3. The van der Waals surface area contributed by atoms with E-state index in [4.69, 9.17) is 41.4 Å². The zero-order chi connectivity index (χ0) is 42.4. The summed E-state index contributed by atoms with van der Waals surface area (Å²) in [5, 5.41) is 26.2. The summed E-state index contributed by atoms with van der Waals surface area (Å²) in [6, 6.07) is 7.79. The van der Waals surface area contributed by atoms with E-state index in [2.05, 4.69) is 5.16 Å². The van der Waals surface area contributed by atoms with Gasteiger partial charge in [0.05, 0.1) is 19.3 Å². The Morgan fingerprint density at radius 2 is 1.53 bits per heavy atom. The molecular formula is C34H49N3O18P2. The highest BCUT2D eigenvalue weighted by atomic mass is 31.3. The predicted molar refractivity (Wildman–Crippen MR) is 196 cm³/mol. The summed E-state index contributed by atoms with van der Waals surface area (Å²) in [7, 11) is -11.0. The number of hydrogen-bond donors (Lipinski definition) is 3. The number of carbonyl (C=O) groups excluding carboxylic acids is 2. The van der Waals surface area contributed by atoms with Gasteiger partial charge in [-0.25, -0.2) is 27.8 Å². The van der Waals surface area contributed by atoms with E-state index >= 15 is 0 Å². The number of benzene rings is 1. The third kappa shape index (κ3) is 12.4. The Morgan fingerprint density at radius 1 is 0.895 bits per heavy atom. The number of ether oxygens (including phenoxy) is 4. The lowest BCUT2D eigenvalue weighted by Gasteiger charge is -2.30. The van der Waals surface area contributed by atoms with Crippen LogP contribution in [0, 0.1) is 17.8 Å². The molecule has 4 rings (SSSR count). The fourth-order valence-corrected chi connectivity index (χ4v) is 8.16. The molecule has 0 amide bonds. The van der Waals surface area contributed by atoms with Gasteiger partial charge in [0, 0.05) is 35.9 Å². The number of aliphatic hydroxyl groups is 2. The minimum Gasteiger partial charge on any atom is -0.435 e. The lowest BCUT2D eigenvalue weighted by atomic mass is 10.1. The highest BCUT2D eigenvalue weighted by Gasteiger charge is 2.48. The molecule has 3 heterocycles. The number of fused-ring (bicyclic) bond motifs is 1. The Hall–Kier alpha value is -3.75. The normalized spacial score (nSPS) is 21.8. The van der Waals surface area contributed by atoms with Crippen LogP contribution in [0.5, 0.6) is 0 Å². The lowest BCUT2D eigenvalue weighted by molar-refractivity contribution is -0.176. The van der Waals surface area contributed by atoms with E-state index in [0.717, 1.165) is 21.4 Å². The molecule has 0 spiro atoms. The van der Waals surface area contributed by atoms with Crippen molar-refractivity contribution in [3.05, 3.63) is 63.1 Å². The van der Waals surface area contributed by atoms with Gasteiger partial charge in [0.1, 0.15) is 24.0 Å². The Labute approximate surface area is 326 Å². The topological polar surface area (TPSA) is 273 Å². The van der Waals surface area contributed by atoms with Crippen LogP contribution in [-0.2, 0) is 57.3 Å². The van der Waals surface area contributed by atoms with Crippen molar-refractivity contribution in [2.45, 2.75) is 112 Å². The van der Waals surface area contributed by atoms with Gasteiger partial charge in [-0.1, -0.05) is 58.8 Å². The number of phosphoric ester groups is 2. The summed E-state index contributed by atoms with van der Waals surface area (Å²) in [5.74, 6) is -2.44. The molecule has 3 aromatic rings. The minimum absolute atomic E-state index is 0.0680. The molecule has 0 aliphatic carbocycles. The number of hydrogen-bond acceptors (Lipinski definition) is 18. The van der Waals surface area contributed by atoms with Crippen LogP contribution in [0.4, 0.5) is 4.79 Å². The quantitative estimate of drug-likeness (QED) is 0.0865. The van der Waals surface area contributed by atoms with Crippen molar-refractivity contribution in [3.63, 3.8) is 0 Å². The number of nitrogens with zero attached hydrogens (tertiary/aromatic N) is 3. The van der Waals surface area contributed by atoms with Crippen LogP contribution < -0.4 is 11.2 Å². The van der Waals surface area contributed by atoms with Crippen LogP contribution in [0.25, 0.3) is 11.0 Å². The molecule has 8 atom stereocenters. The average Bonchev–Trinajstić information content (AvgIpc) is 3.63. The van der Waals surface area contributed by atoms with Crippen molar-refractivity contribution in [2.75, 3.05) is 6.61 Å². The van der Waals surface area contributed by atoms with E-state index in [0.29, 0.717) is 11.0 Å². The van der Waals surface area contributed by atoms with E-state index in [1.54, 1.807) is 38.1 Å². The smallest absolute Gasteiger partial charge is 0.435 e. The Kier molecular flexibility index (Phi) is 15.6. The van der Waals surface area contributed by atoms with Gasteiger partial charge in [0.25, 0.3) is 5.56 Å². The summed E-state index contributed by atoms with van der Waals surface area (Å²) in [6.07, 6.45) is -11.3. The molecule has 0 bridgehead atoms. The van der Waals surface area contributed by atoms with Crippen molar-refractivity contribution in [1.29, 1.82) is 0 Å². The van der Waals surface area contributed by atoms with Gasteiger partial charge in [-0.2, -0.15) is 4.31 Å². The number of carbonyl (C=O) groups is 2. The molecule has 0 saturated carbocycles. The van der Waals surface area contributed by atoms with E-state index < -0.39 is 101 Å². The summed E-state index contributed by atoms with van der Waals surface area (Å²) in [6.45, 7) is 11.2. The van der Waals surface area contributed by atoms with Crippen LogP contribution in [0.3, 0.4) is 0 Å². The lowest BCUT2D eigenvalue weighted by Crippen LogP contribution is -2.43. The van der Waals surface area contributed by atoms with Crippen LogP contribution in [0.2, 0.25) is 0 Å². The summed E-state index contributed by atoms with van der Waals surface area (Å²) in [5.41, 5.74) is -1.01. The monoisotopic (exact) mass is 849 g/mol. The van der Waals surface area contributed by atoms with E-state index in [1.807, 2.05) is 0 Å². The first-order chi connectivity index (χ1) is 26.6. The fraction of sp³-hybridized carbons (Fsp3) is 0.618. The first-order valence-corrected chi connectivity index (χ1v) is 20.9. The number of rotatable bonds is 19. The van der Waals surface area contributed by atoms with E-state index in [1.165, 1.54) is 41.5 Å². The molecule has 1 aliphatic rings. The second-order valence-electron chi connectivity index (χ2n) is 14.5. The van der Waals surface area contributed by atoms with Crippen LogP contribution >= 0.6 is 15.6 Å². The van der Waals surface area contributed by atoms with Crippen molar-refractivity contribution < 1.29 is 75.2 Å². The first-order valence-electron chi connectivity index (χ1n) is 18.0. The zero-order valence-electron chi connectivity index (χ0n) is 32.6. The Bertz CT molecular complexity index is 2020. The van der Waals surface area contributed by atoms with Gasteiger partial charge >= 0.3 is 33.5 Å². The largest absolute Gasteiger partial charge is 0.510 e.